The maximum absolute atomic E-state index is 13.4. The zero-order valence-electron chi connectivity index (χ0n) is 15.2. The summed E-state index contributed by atoms with van der Waals surface area (Å²) in [6.07, 6.45) is 2.88. The maximum atomic E-state index is 13.4. The number of nitrogens with zero attached hydrogens (tertiary/aromatic N) is 2. The van der Waals surface area contributed by atoms with E-state index in [2.05, 4.69) is 15.3 Å². The van der Waals surface area contributed by atoms with E-state index < -0.39 is 0 Å². The Morgan fingerprint density at radius 2 is 1.59 bits per heavy atom. The quantitative estimate of drug-likeness (QED) is 0.467. The van der Waals surface area contributed by atoms with Crippen molar-refractivity contribution in [2.24, 2.45) is 0 Å². The molecule has 29 heavy (non-hydrogen) atoms. The molecule has 0 aliphatic heterocycles. The third-order valence-electron chi connectivity index (χ3n) is 4.10. The van der Waals surface area contributed by atoms with Gasteiger partial charge in [0.15, 0.2) is 5.82 Å². The third kappa shape index (κ3) is 4.67. The van der Waals surface area contributed by atoms with Gasteiger partial charge in [-0.2, -0.15) is 0 Å². The number of anilines is 1. The van der Waals surface area contributed by atoms with Crippen molar-refractivity contribution in [2.45, 2.75) is 9.79 Å². The van der Waals surface area contributed by atoms with Crippen LogP contribution in [0.25, 0.3) is 11.4 Å². The van der Waals surface area contributed by atoms with Gasteiger partial charge in [-0.1, -0.05) is 54.2 Å². The smallest absolute Gasteiger partial charge is 0.258 e. The Hall–Kier alpha value is -3.51. The average molecular weight is 401 g/mol. The average Bonchev–Trinajstić information content (AvgIpc) is 2.76. The largest absolute Gasteiger partial charge is 0.321 e. The lowest BCUT2D eigenvalue weighted by atomic mass is 10.2. The number of aromatic nitrogens is 2. The van der Waals surface area contributed by atoms with Crippen LogP contribution >= 0.6 is 11.8 Å². The van der Waals surface area contributed by atoms with E-state index in [1.165, 1.54) is 24.5 Å². The molecule has 4 aromatic rings. The molecule has 0 aliphatic rings. The van der Waals surface area contributed by atoms with Crippen LogP contribution in [-0.4, -0.2) is 15.9 Å². The fraction of sp³-hybridized carbons (Fsp3) is 0. The molecule has 0 saturated carbocycles. The molecule has 3 aromatic carbocycles. The van der Waals surface area contributed by atoms with Crippen LogP contribution in [0.1, 0.15) is 10.4 Å². The van der Waals surface area contributed by atoms with Crippen molar-refractivity contribution in [1.82, 2.24) is 9.97 Å². The number of hydrogen-bond acceptors (Lipinski definition) is 4. The van der Waals surface area contributed by atoms with Crippen molar-refractivity contribution in [2.75, 3.05) is 5.32 Å². The summed E-state index contributed by atoms with van der Waals surface area (Å²) in [5.74, 6) is -0.307. The van der Waals surface area contributed by atoms with Gasteiger partial charge in [0.1, 0.15) is 5.82 Å². The molecule has 0 bridgehead atoms. The highest BCUT2D eigenvalue weighted by molar-refractivity contribution is 7.99. The summed E-state index contributed by atoms with van der Waals surface area (Å²) in [5, 5.41) is 2.92. The monoisotopic (exact) mass is 401 g/mol. The Morgan fingerprint density at radius 3 is 2.34 bits per heavy atom. The molecular formula is C23H16FN3OS. The van der Waals surface area contributed by atoms with Crippen LogP contribution in [0.15, 0.2) is 101 Å². The van der Waals surface area contributed by atoms with Gasteiger partial charge in [-0.05, 0) is 36.4 Å². The van der Waals surface area contributed by atoms with E-state index in [0.29, 0.717) is 22.6 Å². The maximum Gasteiger partial charge on any atom is 0.258 e. The molecule has 6 heteroatoms. The van der Waals surface area contributed by atoms with Gasteiger partial charge in [0.2, 0.25) is 0 Å². The molecule has 0 aliphatic carbocycles. The molecule has 0 spiro atoms. The van der Waals surface area contributed by atoms with E-state index in [4.69, 9.17) is 0 Å². The molecule has 1 heterocycles. The van der Waals surface area contributed by atoms with Crippen molar-refractivity contribution in [3.63, 3.8) is 0 Å². The van der Waals surface area contributed by atoms with Crippen molar-refractivity contribution in [3.8, 4) is 11.4 Å². The number of amides is 1. The fourth-order valence-electron chi connectivity index (χ4n) is 2.69. The number of para-hydroxylation sites is 1. The molecule has 1 aromatic heterocycles. The van der Waals surface area contributed by atoms with Gasteiger partial charge in [0, 0.05) is 27.7 Å². The van der Waals surface area contributed by atoms with Crippen molar-refractivity contribution in [3.05, 3.63) is 103 Å². The number of nitrogens with one attached hydrogen (secondary N) is 1. The summed E-state index contributed by atoms with van der Waals surface area (Å²) in [6.45, 7) is 0. The van der Waals surface area contributed by atoms with E-state index in [1.807, 2.05) is 54.6 Å². The van der Waals surface area contributed by atoms with Gasteiger partial charge in [-0.3, -0.25) is 4.79 Å². The minimum atomic E-state index is -0.361. The van der Waals surface area contributed by atoms with Crippen LogP contribution in [0.5, 0.6) is 0 Å². The lowest BCUT2D eigenvalue weighted by Crippen LogP contribution is -2.13. The molecule has 1 amide bonds. The zero-order valence-corrected chi connectivity index (χ0v) is 16.1. The Kier molecular flexibility index (Phi) is 5.63. The van der Waals surface area contributed by atoms with Crippen LogP contribution < -0.4 is 5.32 Å². The molecule has 0 radical (unpaired) electrons. The topological polar surface area (TPSA) is 54.9 Å². The number of carbonyl (C=O) groups is 1. The van der Waals surface area contributed by atoms with E-state index in [-0.39, 0.29) is 11.7 Å². The van der Waals surface area contributed by atoms with Gasteiger partial charge < -0.3 is 5.32 Å². The second kappa shape index (κ2) is 8.67. The Morgan fingerprint density at radius 1 is 0.862 bits per heavy atom. The second-order valence-corrected chi connectivity index (χ2v) is 7.29. The van der Waals surface area contributed by atoms with E-state index in [1.54, 1.807) is 23.9 Å². The first-order valence-electron chi connectivity index (χ1n) is 8.90. The molecule has 0 fully saturated rings. The van der Waals surface area contributed by atoms with Gasteiger partial charge in [-0.15, -0.1) is 0 Å². The van der Waals surface area contributed by atoms with Crippen LogP contribution in [0.2, 0.25) is 0 Å². The molecule has 0 unspecified atom stereocenters. The first-order chi connectivity index (χ1) is 14.2. The fourth-order valence-corrected chi connectivity index (χ4v) is 3.61. The summed E-state index contributed by atoms with van der Waals surface area (Å²) in [6, 6.07) is 23.6. The van der Waals surface area contributed by atoms with Crippen LogP contribution in [0.4, 0.5) is 10.1 Å². The number of benzene rings is 3. The summed E-state index contributed by atoms with van der Waals surface area (Å²) < 4.78 is 13.4. The predicted octanol–water partition coefficient (Wildman–Crippen LogP) is 5.69. The lowest BCUT2D eigenvalue weighted by molar-refractivity contribution is 0.102. The standard InChI is InChI=1S/C23H16FN3OS/c24-18-8-6-7-16(13-18)22-25-14-17(15-26-22)23(28)27-20-11-4-5-12-21(20)29-19-9-2-1-3-10-19/h1-15H,(H,27,28). The Labute approximate surface area is 171 Å². The number of hydrogen-bond donors (Lipinski definition) is 1. The first kappa shape index (κ1) is 18.8. The second-order valence-electron chi connectivity index (χ2n) is 6.17. The van der Waals surface area contributed by atoms with Crippen LogP contribution in [-0.2, 0) is 0 Å². The van der Waals surface area contributed by atoms with Gasteiger partial charge in [0.05, 0.1) is 11.3 Å². The number of carbonyl (C=O) groups excluding carboxylic acids is 1. The molecular weight excluding hydrogens is 385 g/mol. The predicted molar refractivity (Wildman–Crippen MR) is 112 cm³/mol. The highest BCUT2D eigenvalue weighted by Gasteiger charge is 2.12. The summed E-state index contributed by atoms with van der Waals surface area (Å²) >= 11 is 1.57. The lowest BCUT2D eigenvalue weighted by Gasteiger charge is -2.11. The number of halogens is 1. The molecule has 4 nitrogen and oxygen atoms in total. The van der Waals surface area contributed by atoms with Crippen molar-refractivity contribution < 1.29 is 9.18 Å². The molecule has 0 saturated heterocycles. The summed E-state index contributed by atoms with van der Waals surface area (Å²) in [7, 11) is 0. The van der Waals surface area contributed by atoms with Crippen LogP contribution in [0.3, 0.4) is 0 Å². The van der Waals surface area contributed by atoms with Gasteiger partial charge in [-0.25, -0.2) is 14.4 Å². The SMILES string of the molecule is O=C(Nc1ccccc1Sc1ccccc1)c1cnc(-c2cccc(F)c2)nc1. The van der Waals surface area contributed by atoms with E-state index in [0.717, 1.165) is 9.79 Å². The minimum Gasteiger partial charge on any atom is -0.321 e. The van der Waals surface area contributed by atoms with Gasteiger partial charge in [0.25, 0.3) is 5.91 Å². The summed E-state index contributed by atoms with van der Waals surface area (Å²) in [4.78, 5) is 23.1. The Balaban J connectivity index is 1.51. The van der Waals surface area contributed by atoms with E-state index in [9.17, 15) is 9.18 Å². The molecule has 1 N–H and O–H groups in total. The van der Waals surface area contributed by atoms with E-state index >= 15 is 0 Å². The highest BCUT2D eigenvalue weighted by atomic mass is 32.2. The van der Waals surface area contributed by atoms with Gasteiger partial charge >= 0.3 is 0 Å². The summed E-state index contributed by atoms with van der Waals surface area (Å²) in [5.41, 5.74) is 1.59. The molecule has 4 rings (SSSR count). The van der Waals surface area contributed by atoms with Crippen LogP contribution in [0, 0.1) is 5.82 Å². The highest BCUT2D eigenvalue weighted by Crippen LogP contribution is 2.33. The normalized spacial score (nSPS) is 10.5. The third-order valence-corrected chi connectivity index (χ3v) is 5.19. The van der Waals surface area contributed by atoms with Crippen molar-refractivity contribution >= 4 is 23.4 Å². The zero-order chi connectivity index (χ0) is 20.1. The molecule has 0 atom stereocenters. The first-order valence-corrected chi connectivity index (χ1v) is 9.72. The number of rotatable bonds is 5. The minimum absolute atomic E-state index is 0.308. The molecule has 142 valence electrons. The Bertz CT molecular complexity index is 1130. The van der Waals surface area contributed by atoms with Crippen molar-refractivity contribution in [1.29, 1.82) is 0 Å².